The third-order valence-electron chi connectivity index (χ3n) is 2.46. The molecule has 0 saturated heterocycles. The molecule has 2 aromatic rings. The van der Waals surface area contributed by atoms with Gasteiger partial charge in [-0.05, 0) is 38.1 Å². The molecule has 0 atom stereocenters. The summed E-state index contributed by atoms with van der Waals surface area (Å²) in [5, 5.41) is 3.59. The maximum absolute atomic E-state index is 12.6. The minimum absolute atomic E-state index is 0.204. The van der Waals surface area contributed by atoms with Crippen molar-refractivity contribution in [1.29, 1.82) is 0 Å². The van der Waals surface area contributed by atoms with Gasteiger partial charge >= 0.3 is 6.18 Å². The van der Waals surface area contributed by atoms with Gasteiger partial charge in [0.2, 0.25) is 0 Å². The second-order valence-electron chi connectivity index (χ2n) is 4.43. The van der Waals surface area contributed by atoms with Crippen LogP contribution in [0, 0.1) is 0 Å². The molecule has 0 saturated carbocycles. The number of nitrogens with one attached hydrogen (secondary N) is 1. The summed E-state index contributed by atoms with van der Waals surface area (Å²) in [5.74, 6) is 0. The Morgan fingerprint density at radius 3 is 2.50 bits per heavy atom. The lowest BCUT2D eigenvalue weighted by Crippen LogP contribution is -2.09. The van der Waals surface area contributed by atoms with Gasteiger partial charge in [0.05, 0.1) is 23.0 Å². The van der Waals surface area contributed by atoms with E-state index in [-0.39, 0.29) is 6.04 Å². The average molecular weight is 254 g/mol. The molecule has 5 heteroatoms. The summed E-state index contributed by atoms with van der Waals surface area (Å²) in [5.41, 5.74) is 0.618. The van der Waals surface area contributed by atoms with Crippen molar-refractivity contribution in [1.82, 2.24) is 4.98 Å². The van der Waals surface area contributed by atoms with Crippen LogP contribution in [-0.2, 0) is 6.18 Å². The van der Waals surface area contributed by atoms with E-state index in [2.05, 4.69) is 10.3 Å². The molecule has 0 amide bonds. The number of halogens is 3. The van der Waals surface area contributed by atoms with Crippen LogP contribution in [-0.4, -0.2) is 11.0 Å². The Labute approximate surface area is 103 Å². The summed E-state index contributed by atoms with van der Waals surface area (Å²) in [6.45, 7) is 3.91. The molecule has 18 heavy (non-hydrogen) atoms. The minimum Gasteiger partial charge on any atom is -0.382 e. The molecule has 0 aliphatic carbocycles. The van der Waals surface area contributed by atoms with E-state index in [0.717, 1.165) is 17.8 Å². The first-order chi connectivity index (χ1) is 8.36. The summed E-state index contributed by atoms with van der Waals surface area (Å²) in [6.07, 6.45) is -2.70. The fourth-order valence-corrected chi connectivity index (χ4v) is 1.72. The Kier molecular flexibility index (Phi) is 3.15. The van der Waals surface area contributed by atoms with E-state index >= 15 is 0 Å². The van der Waals surface area contributed by atoms with E-state index in [1.807, 2.05) is 13.8 Å². The third kappa shape index (κ3) is 2.72. The van der Waals surface area contributed by atoms with Crippen LogP contribution in [0.25, 0.3) is 10.9 Å². The first-order valence-corrected chi connectivity index (χ1v) is 5.60. The lowest BCUT2D eigenvalue weighted by Gasteiger charge is -2.11. The Morgan fingerprint density at radius 2 is 1.89 bits per heavy atom. The number of hydrogen-bond donors (Lipinski definition) is 1. The SMILES string of the molecule is CC(C)Nc1cnc2ccc(C(F)(F)F)cc2c1. The highest BCUT2D eigenvalue weighted by molar-refractivity contribution is 5.82. The second kappa shape index (κ2) is 4.48. The maximum Gasteiger partial charge on any atom is 0.416 e. The normalized spacial score (nSPS) is 12.1. The Balaban J connectivity index is 2.46. The summed E-state index contributed by atoms with van der Waals surface area (Å²) >= 11 is 0. The van der Waals surface area contributed by atoms with Gasteiger partial charge in [0.25, 0.3) is 0 Å². The van der Waals surface area contributed by atoms with Gasteiger partial charge < -0.3 is 5.32 Å². The van der Waals surface area contributed by atoms with Crippen LogP contribution in [0.5, 0.6) is 0 Å². The van der Waals surface area contributed by atoms with Crippen molar-refractivity contribution < 1.29 is 13.2 Å². The highest BCUT2D eigenvalue weighted by atomic mass is 19.4. The molecule has 0 radical (unpaired) electrons. The average Bonchev–Trinajstić information content (AvgIpc) is 2.26. The molecular formula is C13H13F3N2. The lowest BCUT2D eigenvalue weighted by molar-refractivity contribution is -0.137. The number of aromatic nitrogens is 1. The summed E-state index contributed by atoms with van der Waals surface area (Å²) < 4.78 is 37.8. The Bertz CT molecular complexity index is 562. The van der Waals surface area contributed by atoms with Crippen LogP contribution >= 0.6 is 0 Å². The molecule has 1 heterocycles. The molecule has 0 aliphatic heterocycles. The van der Waals surface area contributed by atoms with Gasteiger partial charge in [0.15, 0.2) is 0 Å². The van der Waals surface area contributed by atoms with Gasteiger partial charge in [-0.25, -0.2) is 0 Å². The number of hydrogen-bond acceptors (Lipinski definition) is 2. The number of nitrogens with zero attached hydrogens (tertiary/aromatic N) is 1. The molecule has 0 aliphatic rings. The second-order valence-corrected chi connectivity index (χ2v) is 4.43. The lowest BCUT2D eigenvalue weighted by atomic mass is 10.1. The molecular weight excluding hydrogens is 241 g/mol. The topological polar surface area (TPSA) is 24.9 Å². The number of alkyl halides is 3. The van der Waals surface area contributed by atoms with Gasteiger partial charge in [-0.15, -0.1) is 0 Å². The van der Waals surface area contributed by atoms with Crippen LogP contribution < -0.4 is 5.32 Å². The van der Waals surface area contributed by atoms with Crippen molar-refractivity contribution in [3.63, 3.8) is 0 Å². The number of rotatable bonds is 2. The monoisotopic (exact) mass is 254 g/mol. The number of anilines is 1. The third-order valence-corrected chi connectivity index (χ3v) is 2.46. The zero-order valence-electron chi connectivity index (χ0n) is 10.0. The van der Waals surface area contributed by atoms with E-state index < -0.39 is 11.7 Å². The smallest absolute Gasteiger partial charge is 0.382 e. The summed E-state index contributed by atoms with van der Waals surface area (Å²) in [7, 11) is 0. The predicted molar refractivity (Wildman–Crippen MR) is 65.5 cm³/mol. The first kappa shape index (κ1) is 12.7. The van der Waals surface area contributed by atoms with E-state index in [4.69, 9.17) is 0 Å². The van der Waals surface area contributed by atoms with Crippen LogP contribution in [0.3, 0.4) is 0 Å². The highest BCUT2D eigenvalue weighted by Gasteiger charge is 2.30. The van der Waals surface area contributed by atoms with E-state index in [9.17, 15) is 13.2 Å². The zero-order chi connectivity index (χ0) is 13.3. The zero-order valence-corrected chi connectivity index (χ0v) is 10.0. The van der Waals surface area contributed by atoms with Crippen LogP contribution in [0.2, 0.25) is 0 Å². The number of pyridine rings is 1. The summed E-state index contributed by atoms with van der Waals surface area (Å²) in [6, 6.07) is 5.43. The fraction of sp³-hybridized carbons (Fsp3) is 0.308. The van der Waals surface area contributed by atoms with Crippen LogP contribution in [0.15, 0.2) is 30.5 Å². The predicted octanol–water partition coefficient (Wildman–Crippen LogP) is 4.07. The summed E-state index contributed by atoms with van der Waals surface area (Å²) in [4.78, 5) is 4.13. The van der Waals surface area contributed by atoms with E-state index in [1.54, 1.807) is 12.3 Å². The van der Waals surface area contributed by atoms with Gasteiger partial charge in [-0.2, -0.15) is 13.2 Å². The Hall–Kier alpha value is -1.78. The highest BCUT2D eigenvalue weighted by Crippen LogP contribution is 2.31. The molecule has 2 rings (SSSR count). The quantitative estimate of drug-likeness (QED) is 0.873. The molecule has 0 fully saturated rings. The molecule has 1 aromatic carbocycles. The van der Waals surface area contributed by atoms with Crippen molar-refractivity contribution in [2.24, 2.45) is 0 Å². The molecule has 0 unspecified atom stereocenters. The molecule has 2 nitrogen and oxygen atoms in total. The molecule has 96 valence electrons. The number of benzene rings is 1. The Morgan fingerprint density at radius 1 is 1.17 bits per heavy atom. The number of fused-ring (bicyclic) bond motifs is 1. The van der Waals surface area contributed by atoms with Crippen molar-refractivity contribution in [3.8, 4) is 0 Å². The van der Waals surface area contributed by atoms with Crippen LogP contribution in [0.1, 0.15) is 19.4 Å². The van der Waals surface area contributed by atoms with Gasteiger partial charge in [0.1, 0.15) is 0 Å². The first-order valence-electron chi connectivity index (χ1n) is 5.60. The van der Waals surface area contributed by atoms with E-state index in [0.29, 0.717) is 10.9 Å². The standard InChI is InChI=1S/C13H13F3N2/c1-8(2)18-11-6-9-5-10(13(14,15)16)3-4-12(9)17-7-11/h3-8,18H,1-2H3. The van der Waals surface area contributed by atoms with Crippen molar-refractivity contribution in [2.75, 3.05) is 5.32 Å². The van der Waals surface area contributed by atoms with Gasteiger partial charge in [0, 0.05) is 11.4 Å². The van der Waals surface area contributed by atoms with Crippen molar-refractivity contribution >= 4 is 16.6 Å². The van der Waals surface area contributed by atoms with Crippen molar-refractivity contribution in [3.05, 3.63) is 36.0 Å². The molecule has 0 bridgehead atoms. The van der Waals surface area contributed by atoms with Gasteiger partial charge in [-0.1, -0.05) is 0 Å². The van der Waals surface area contributed by atoms with E-state index in [1.165, 1.54) is 6.07 Å². The fourth-order valence-electron chi connectivity index (χ4n) is 1.72. The molecule has 1 N–H and O–H groups in total. The minimum atomic E-state index is -4.32. The van der Waals surface area contributed by atoms with Crippen LogP contribution in [0.4, 0.5) is 18.9 Å². The van der Waals surface area contributed by atoms with Crippen molar-refractivity contribution in [2.45, 2.75) is 26.1 Å². The largest absolute Gasteiger partial charge is 0.416 e. The van der Waals surface area contributed by atoms with Gasteiger partial charge in [-0.3, -0.25) is 4.98 Å². The maximum atomic E-state index is 12.6. The molecule has 1 aromatic heterocycles. The molecule has 0 spiro atoms.